The van der Waals surface area contributed by atoms with Crippen LogP contribution in [-0.2, 0) is 4.79 Å². The van der Waals surface area contributed by atoms with Gasteiger partial charge in [-0.3, -0.25) is 9.59 Å². The van der Waals surface area contributed by atoms with E-state index in [4.69, 9.17) is 9.52 Å². The van der Waals surface area contributed by atoms with Gasteiger partial charge in [-0.05, 0) is 54.8 Å². The van der Waals surface area contributed by atoms with Gasteiger partial charge in [-0.15, -0.1) is 0 Å². The first-order chi connectivity index (χ1) is 21.6. The van der Waals surface area contributed by atoms with Crippen LogP contribution < -0.4 is 20.1 Å². The summed E-state index contributed by atoms with van der Waals surface area (Å²) in [6, 6.07) is 16.5. The molecular formula is C36H44N3O6+. The SMILES string of the molecule is CN(C)c1ccc2c(-c3cc(C(=O)NCCCCCCCCCCC(=O)O)ccc3C(=O)O)c3ccc(=[N+](C)C)cc-3oc2c1. The Morgan fingerprint density at radius 1 is 0.800 bits per heavy atom. The average molecular weight is 615 g/mol. The molecular weight excluding hydrogens is 570 g/mol. The van der Waals surface area contributed by atoms with Crippen LogP contribution in [0.3, 0.4) is 0 Å². The molecule has 0 unspecified atom stereocenters. The highest BCUT2D eigenvalue weighted by molar-refractivity contribution is 6.09. The number of amides is 1. The Kier molecular flexibility index (Phi) is 11.4. The van der Waals surface area contributed by atoms with Crippen molar-refractivity contribution in [3.8, 4) is 22.5 Å². The van der Waals surface area contributed by atoms with Crippen molar-refractivity contribution >= 4 is 34.5 Å². The number of benzene rings is 3. The van der Waals surface area contributed by atoms with E-state index in [2.05, 4.69) is 5.32 Å². The third-order valence-electron chi connectivity index (χ3n) is 8.11. The fourth-order valence-electron chi connectivity index (χ4n) is 5.56. The monoisotopic (exact) mass is 614 g/mol. The summed E-state index contributed by atoms with van der Waals surface area (Å²) >= 11 is 0. The molecule has 0 spiro atoms. The summed E-state index contributed by atoms with van der Waals surface area (Å²) < 4.78 is 8.37. The Balaban J connectivity index is 1.57. The molecule has 1 aliphatic heterocycles. The Morgan fingerprint density at radius 2 is 1.49 bits per heavy atom. The van der Waals surface area contributed by atoms with Crippen molar-refractivity contribution < 1.29 is 29.0 Å². The molecule has 9 nitrogen and oxygen atoms in total. The standard InChI is InChI=1S/C36H43N3O6/c1-38(2)25-15-18-28-31(22-25)45-32-23-26(39(3)4)16-19-29(32)34(28)30-21-24(14-17-27(30)36(43)44)35(42)37-20-12-10-8-6-5-7-9-11-13-33(40)41/h14-19,21-23H,5-13,20H2,1-4H3,(H2-,37,40,41,42,43,44)/p+1. The highest BCUT2D eigenvalue weighted by Crippen LogP contribution is 2.42. The molecule has 0 atom stereocenters. The molecule has 9 heteroatoms. The summed E-state index contributed by atoms with van der Waals surface area (Å²) in [6.45, 7) is 0.532. The number of rotatable bonds is 15. The smallest absolute Gasteiger partial charge is 0.336 e. The van der Waals surface area contributed by atoms with Crippen molar-refractivity contribution in [3.63, 3.8) is 0 Å². The number of carbonyl (C=O) groups excluding carboxylic acids is 1. The summed E-state index contributed by atoms with van der Waals surface area (Å²) in [4.78, 5) is 38.3. The molecule has 2 aliphatic rings. The molecule has 238 valence electrons. The number of carbonyl (C=O) groups is 3. The lowest BCUT2D eigenvalue weighted by atomic mass is 9.89. The second-order valence-electron chi connectivity index (χ2n) is 11.9. The normalized spacial score (nSPS) is 11.1. The third kappa shape index (κ3) is 8.50. The molecule has 1 amide bonds. The molecule has 1 heterocycles. The number of nitrogens with zero attached hydrogens (tertiary/aromatic N) is 2. The van der Waals surface area contributed by atoms with E-state index in [0.29, 0.717) is 34.6 Å². The highest BCUT2D eigenvalue weighted by Gasteiger charge is 2.23. The number of hydrogen-bond acceptors (Lipinski definition) is 5. The topological polar surface area (TPSA) is 123 Å². The van der Waals surface area contributed by atoms with Crippen LogP contribution >= 0.6 is 0 Å². The van der Waals surface area contributed by atoms with Crippen molar-refractivity contribution in [2.75, 3.05) is 39.6 Å². The molecule has 0 fully saturated rings. The maximum absolute atomic E-state index is 13.2. The first-order valence-electron chi connectivity index (χ1n) is 15.6. The number of carboxylic acids is 2. The molecule has 0 bridgehead atoms. The minimum atomic E-state index is -1.07. The van der Waals surface area contributed by atoms with Gasteiger partial charge >= 0.3 is 11.9 Å². The number of aliphatic carboxylic acids is 1. The average Bonchev–Trinajstić information content (AvgIpc) is 3.01. The Labute approximate surface area is 264 Å². The van der Waals surface area contributed by atoms with Crippen LogP contribution in [0.2, 0.25) is 0 Å². The summed E-state index contributed by atoms with van der Waals surface area (Å²) in [5.41, 5.74) is 3.99. The molecule has 0 saturated carbocycles. The molecule has 0 radical (unpaired) electrons. The van der Waals surface area contributed by atoms with Crippen molar-refractivity contribution in [1.29, 1.82) is 0 Å². The van der Waals surface area contributed by atoms with E-state index in [1.807, 2.05) is 74.1 Å². The van der Waals surface area contributed by atoms with Crippen LogP contribution in [0.25, 0.3) is 33.4 Å². The van der Waals surface area contributed by atoms with Gasteiger partial charge in [0.05, 0.1) is 11.6 Å². The fourth-order valence-corrected chi connectivity index (χ4v) is 5.56. The summed E-state index contributed by atoms with van der Waals surface area (Å²) in [5, 5.41) is 23.6. The highest BCUT2D eigenvalue weighted by atomic mass is 16.4. The Hall–Kier alpha value is -4.66. The molecule has 2 aromatic carbocycles. The van der Waals surface area contributed by atoms with E-state index in [-0.39, 0.29) is 17.9 Å². The van der Waals surface area contributed by atoms with E-state index in [9.17, 15) is 19.5 Å². The number of unbranched alkanes of at least 4 members (excludes halogenated alkanes) is 7. The van der Waals surface area contributed by atoms with Crippen molar-refractivity contribution in [2.24, 2.45) is 0 Å². The second kappa shape index (κ2) is 15.4. The number of aromatic carboxylic acids is 1. The zero-order valence-corrected chi connectivity index (χ0v) is 26.7. The zero-order valence-electron chi connectivity index (χ0n) is 26.7. The molecule has 45 heavy (non-hydrogen) atoms. The van der Waals surface area contributed by atoms with Gasteiger partial charge < -0.3 is 24.8 Å². The predicted molar refractivity (Wildman–Crippen MR) is 178 cm³/mol. The lowest BCUT2D eigenvalue weighted by Crippen LogP contribution is -2.24. The van der Waals surface area contributed by atoms with Crippen LogP contribution in [-0.4, -0.2) is 62.8 Å². The van der Waals surface area contributed by atoms with Crippen LogP contribution in [0, 0.1) is 0 Å². The number of anilines is 1. The summed E-state index contributed by atoms with van der Waals surface area (Å²) in [6.07, 6.45) is 8.06. The van der Waals surface area contributed by atoms with Gasteiger partial charge in [0.2, 0.25) is 5.36 Å². The van der Waals surface area contributed by atoms with Crippen molar-refractivity contribution in [2.45, 2.75) is 57.8 Å². The van der Waals surface area contributed by atoms with E-state index in [1.54, 1.807) is 12.1 Å². The Morgan fingerprint density at radius 3 is 2.13 bits per heavy atom. The summed E-state index contributed by atoms with van der Waals surface area (Å²) in [7, 11) is 7.80. The third-order valence-corrected chi connectivity index (χ3v) is 8.11. The number of nitrogens with one attached hydrogen (secondary N) is 1. The molecule has 2 aromatic rings. The van der Waals surface area contributed by atoms with Gasteiger partial charge in [0, 0.05) is 67.0 Å². The van der Waals surface area contributed by atoms with E-state index >= 15 is 0 Å². The van der Waals surface area contributed by atoms with Crippen LogP contribution in [0.15, 0.2) is 59.0 Å². The largest absolute Gasteiger partial charge is 0.481 e. The fraction of sp³-hybridized carbons (Fsp3) is 0.389. The van der Waals surface area contributed by atoms with Crippen LogP contribution in [0.4, 0.5) is 5.69 Å². The minimum absolute atomic E-state index is 0.108. The Bertz CT molecular complexity index is 1720. The predicted octanol–water partition coefficient (Wildman–Crippen LogP) is 6.33. The zero-order chi connectivity index (χ0) is 32.5. The van der Waals surface area contributed by atoms with Gasteiger partial charge in [0.15, 0.2) is 0 Å². The van der Waals surface area contributed by atoms with Crippen molar-refractivity contribution in [3.05, 3.63) is 71.1 Å². The summed E-state index contributed by atoms with van der Waals surface area (Å²) in [5.74, 6) is -1.44. The first-order valence-corrected chi connectivity index (χ1v) is 15.6. The molecule has 1 aliphatic carbocycles. The van der Waals surface area contributed by atoms with Crippen molar-refractivity contribution in [1.82, 2.24) is 9.89 Å². The van der Waals surface area contributed by atoms with Gasteiger partial charge in [-0.25, -0.2) is 9.37 Å². The van der Waals surface area contributed by atoms with E-state index in [0.717, 1.165) is 73.4 Å². The van der Waals surface area contributed by atoms with Gasteiger partial charge in [0.25, 0.3) is 5.91 Å². The maximum atomic E-state index is 13.2. The lowest BCUT2D eigenvalue weighted by molar-refractivity contribution is -0.137. The number of hydrogen-bond donors (Lipinski definition) is 3. The second-order valence-corrected chi connectivity index (χ2v) is 11.9. The van der Waals surface area contributed by atoms with Gasteiger partial charge in [0.1, 0.15) is 25.4 Å². The molecule has 4 rings (SSSR count). The number of carboxylic acid groups (broad SMARTS) is 2. The maximum Gasteiger partial charge on any atom is 0.336 e. The minimum Gasteiger partial charge on any atom is -0.481 e. The van der Waals surface area contributed by atoms with Gasteiger partial charge in [-0.1, -0.05) is 38.5 Å². The van der Waals surface area contributed by atoms with E-state index < -0.39 is 11.9 Å². The van der Waals surface area contributed by atoms with E-state index in [1.165, 1.54) is 6.07 Å². The quantitative estimate of drug-likeness (QED) is 0.0813. The van der Waals surface area contributed by atoms with Gasteiger partial charge in [-0.2, -0.15) is 0 Å². The number of fused-ring (bicyclic) bond motifs is 2. The van der Waals surface area contributed by atoms with Crippen LogP contribution in [0.1, 0.15) is 78.5 Å². The lowest BCUT2D eigenvalue weighted by Gasteiger charge is -2.19. The molecule has 0 saturated heterocycles. The molecule has 3 N–H and O–H groups in total. The first kappa shape index (κ1) is 33.2. The van der Waals surface area contributed by atoms with Crippen LogP contribution in [0.5, 0.6) is 0 Å². The molecule has 0 aromatic heterocycles.